The molecule has 3 rings (SSSR count). The lowest BCUT2D eigenvalue weighted by Gasteiger charge is -2.13. The molecule has 0 radical (unpaired) electrons. The zero-order valence-corrected chi connectivity index (χ0v) is 14.9. The summed E-state index contributed by atoms with van der Waals surface area (Å²) in [5.41, 5.74) is 1.62. The molecule has 0 saturated carbocycles. The van der Waals surface area contributed by atoms with Gasteiger partial charge in [0, 0.05) is 18.1 Å². The van der Waals surface area contributed by atoms with Gasteiger partial charge in [-0.3, -0.25) is 9.59 Å². The van der Waals surface area contributed by atoms with Crippen LogP contribution in [0.3, 0.4) is 0 Å². The van der Waals surface area contributed by atoms with E-state index in [0.29, 0.717) is 22.9 Å². The van der Waals surface area contributed by atoms with Crippen molar-refractivity contribution in [2.24, 2.45) is 0 Å². The van der Waals surface area contributed by atoms with Crippen LogP contribution in [0.1, 0.15) is 29.1 Å². The summed E-state index contributed by atoms with van der Waals surface area (Å²) in [6.07, 6.45) is 0.932. The van der Waals surface area contributed by atoms with Crippen LogP contribution in [0.4, 0.5) is 5.69 Å². The number of thiophene rings is 1. The van der Waals surface area contributed by atoms with Gasteiger partial charge >= 0.3 is 0 Å². The Morgan fingerprint density at radius 1 is 1.40 bits per heavy atom. The van der Waals surface area contributed by atoms with E-state index in [2.05, 4.69) is 10.6 Å². The van der Waals surface area contributed by atoms with Crippen LogP contribution >= 0.6 is 11.3 Å². The van der Waals surface area contributed by atoms with Gasteiger partial charge in [0.25, 0.3) is 5.91 Å². The van der Waals surface area contributed by atoms with E-state index in [1.807, 2.05) is 25.3 Å². The van der Waals surface area contributed by atoms with Gasteiger partial charge in [0.05, 0.1) is 23.7 Å². The summed E-state index contributed by atoms with van der Waals surface area (Å²) in [4.78, 5) is 24.7. The average Bonchev–Trinajstić information content (AvgIpc) is 3.22. The first-order chi connectivity index (χ1) is 12.1. The molecule has 1 aliphatic heterocycles. The fraction of sp³-hybridized carbons (Fsp3) is 0.333. The number of anilines is 1. The minimum Gasteiger partial charge on any atom is -0.492 e. The van der Waals surface area contributed by atoms with Crippen molar-refractivity contribution in [1.82, 2.24) is 5.32 Å². The number of benzene rings is 1. The number of ether oxygens (including phenoxy) is 2. The lowest BCUT2D eigenvalue weighted by Crippen LogP contribution is -2.32. The summed E-state index contributed by atoms with van der Waals surface area (Å²) in [6, 6.07) is 7.19. The van der Waals surface area contributed by atoms with Crippen LogP contribution in [0.5, 0.6) is 11.5 Å². The second-order valence-corrected chi connectivity index (χ2v) is 6.68. The first kappa shape index (κ1) is 17.3. The number of fused-ring (bicyclic) bond motifs is 1. The van der Waals surface area contributed by atoms with Crippen molar-refractivity contribution in [3.8, 4) is 11.5 Å². The molecule has 2 amide bonds. The van der Waals surface area contributed by atoms with Crippen molar-refractivity contribution in [1.29, 1.82) is 0 Å². The summed E-state index contributed by atoms with van der Waals surface area (Å²) < 4.78 is 11.4. The van der Waals surface area contributed by atoms with Crippen LogP contribution < -0.4 is 20.1 Å². The zero-order valence-electron chi connectivity index (χ0n) is 14.1. The van der Waals surface area contributed by atoms with Gasteiger partial charge in [-0.2, -0.15) is 0 Å². The predicted molar refractivity (Wildman–Crippen MR) is 96.7 cm³/mol. The molecule has 1 atom stereocenters. The second kappa shape index (κ2) is 7.57. The van der Waals surface area contributed by atoms with E-state index in [9.17, 15) is 9.59 Å². The Labute approximate surface area is 150 Å². The third kappa shape index (κ3) is 4.11. The number of amides is 2. The molecule has 0 fully saturated rings. The fourth-order valence-corrected chi connectivity index (χ4v) is 3.30. The third-order valence-corrected chi connectivity index (χ3v) is 4.60. The van der Waals surface area contributed by atoms with Crippen molar-refractivity contribution >= 4 is 28.8 Å². The monoisotopic (exact) mass is 360 g/mol. The normalized spacial score (nSPS) is 15.2. The van der Waals surface area contributed by atoms with Gasteiger partial charge in [-0.15, -0.1) is 11.3 Å². The Balaban J connectivity index is 1.66. The van der Waals surface area contributed by atoms with Gasteiger partial charge < -0.3 is 20.1 Å². The molecule has 132 valence electrons. The lowest BCUT2D eigenvalue weighted by molar-refractivity contribution is -0.115. The number of hydrogen-bond donors (Lipinski definition) is 2. The molecule has 7 heteroatoms. The van der Waals surface area contributed by atoms with Gasteiger partial charge in [-0.05, 0) is 31.4 Å². The average molecular weight is 360 g/mol. The molecule has 0 spiro atoms. The highest BCUT2D eigenvalue weighted by Crippen LogP contribution is 2.37. The molecule has 25 heavy (non-hydrogen) atoms. The molecule has 0 bridgehead atoms. The summed E-state index contributed by atoms with van der Waals surface area (Å²) in [5.74, 6) is 0.781. The molecule has 1 aliphatic rings. The smallest absolute Gasteiger partial charge is 0.261 e. The van der Waals surface area contributed by atoms with Crippen LogP contribution in [0.2, 0.25) is 0 Å². The van der Waals surface area contributed by atoms with Gasteiger partial charge in [-0.1, -0.05) is 6.07 Å². The first-order valence-electron chi connectivity index (χ1n) is 8.14. The Hall–Kier alpha value is -2.54. The van der Waals surface area contributed by atoms with E-state index in [4.69, 9.17) is 9.47 Å². The Morgan fingerprint density at radius 3 is 2.96 bits per heavy atom. The number of hydrogen-bond acceptors (Lipinski definition) is 5. The van der Waals surface area contributed by atoms with Crippen LogP contribution in [0.15, 0.2) is 29.6 Å². The molecule has 1 unspecified atom stereocenters. The van der Waals surface area contributed by atoms with E-state index >= 15 is 0 Å². The molecule has 2 N–H and O–H groups in total. The highest BCUT2D eigenvalue weighted by atomic mass is 32.1. The maximum absolute atomic E-state index is 12.2. The van der Waals surface area contributed by atoms with Crippen molar-refractivity contribution in [2.45, 2.75) is 26.4 Å². The number of carbonyl (C=O) groups is 2. The summed E-state index contributed by atoms with van der Waals surface area (Å²) in [5, 5.41) is 7.20. The Kier molecular flexibility index (Phi) is 5.23. The van der Waals surface area contributed by atoms with E-state index in [1.165, 1.54) is 11.3 Å². The van der Waals surface area contributed by atoms with Crippen LogP contribution in [0.25, 0.3) is 0 Å². The molecule has 0 saturated heterocycles. The molecule has 0 aliphatic carbocycles. The standard InChI is InChI=1S/C18H20N2O4S/c1-3-23-15-8-12-7-11(2)24-14(12)9-13(15)20-17(21)10-19-18(22)16-5-4-6-25-16/h4-6,8-9,11H,3,7,10H2,1-2H3,(H,19,22)(H,20,21). The van der Waals surface area contributed by atoms with E-state index in [0.717, 1.165) is 17.7 Å². The first-order valence-corrected chi connectivity index (χ1v) is 9.02. The minimum atomic E-state index is -0.322. The highest BCUT2D eigenvalue weighted by Gasteiger charge is 2.22. The molecule has 1 aromatic carbocycles. The summed E-state index contributed by atoms with van der Waals surface area (Å²) in [6.45, 7) is 4.27. The lowest BCUT2D eigenvalue weighted by atomic mass is 10.1. The zero-order chi connectivity index (χ0) is 17.8. The fourth-order valence-electron chi connectivity index (χ4n) is 2.66. The minimum absolute atomic E-state index is 0.112. The maximum atomic E-state index is 12.2. The van der Waals surface area contributed by atoms with Crippen molar-refractivity contribution < 1.29 is 19.1 Å². The molecular formula is C18H20N2O4S. The van der Waals surface area contributed by atoms with Gasteiger partial charge in [0.1, 0.15) is 17.6 Å². The summed E-state index contributed by atoms with van der Waals surface area (Å²) in [7, 11) is 0. The van der Waals surface area contributed by atoms with Crippen LogP contribution in [-0.4, -0.2) is 31.1 Å². The van der Waals surface area contributed by atoms with E-state index < -0.39 is 0 Å². The molecule has 1 aromatic heterocycles. The van der Waals surface area contributed by atoms with Gasteiger partial charge in [0.2, 0.25) is 5.91 Å². The number of carbonyl (C=O) groups excluding carboxylic acids is 2. The number of rotatable bonds is 6. The quantitative estimate of drug-likeness (QED) is 0.830. The maximum Gasteiger partial charge on any atom is 0.261 e. The Morgan fingerprint density at radius 2 is 2.24 bits per heavy atom. The molecular weight excluding hydrogens is 340 g/mol. The van der Waals surface area contributed by atoms with E-state index in [-0.39, 0.29) is 24.5 Å². The van der Waals surface area contributed by atoms with Crippen LogP contribution in [0, 0.1) is 0 Å². The molecule has 2 heterocycles. The highest BCUT2D eigenvalue weighted by molar-refractivity contribution is 7.12. The van der Waals surface area contributed by atoms with Crippen molar-refractivity contribution in [3.63, 3.8) is 0 Å². The number of nitrogens with one attached hydrogen (secondary N) is 2. The Bertz CT molecular complexity index is 774. The second-order valence-electron chi connectivity index (χ2n) is 5.73. The third-order valence-electron chi connectivity index (χ3n) is 3.73. The van der Waals surface area contributed by atoms with Crippen molar-refractivity contribution in [3.05, 3.63) is 40.1 Å². The largest absolute Gasteiger partial charge is 0.492 e. The van der Waals surface area contributed by atoms with Gasteiger partial charge in [0.15, 0.2) is 0 Å². The predicted octanol–water partition coefficient (Wildman–Crippen LogP) is 2.84. The topological polar surface area (TPSA) is 76.7 Å². The SMILES string of the molecule is CCOc1cc2c(cc1NC(=O)CNC(=O)c1cccs1)OC(C)C2. The molecule has 2 aromatic rings. The van der Waals surface area contributed by atoms with Crippen LogP contribution in [-0.2, 0) is 11.2 Å². The van der Waals surface area contributed by atoms with Crippen molar-refractivity contribution in [2.75, 3.05) is 18.5 Å². The van der Waals surface area contributed by atoms with E-state index in [1.54, 1.807) is 18.2 Å². The molecule has 6 nitrogen and oxygen atoms in total. The summed E-state index contributed by atoms with van der Waals surface area (Å²) >= 11 is 1.33. The van der Waals surface area contributed by atoms with Gasteiger partial charge in [-0.25, -0.2) is 0 Å².